The van der Waals surface area contributed by atoms with Gasteiger partial charge in [-0.3, -0.25) is 25.2 Å². The Labute approximate surface area is 195 Å². The summed E-state index contributed by atoms with van der Waals surface area (Å²) >= 11 is 0. The third kappa shape index (κ3) is 6.33. The molecule has 0 fully saturated rings. The molecular formula is C23H21N3O7S. The summed E-state index contributed by atoms with van der Waals surface area (Å²) in [6.07, 6.45) is 0. The number of ether oxygens (including phenoxy) is 2. The zero-order valence-corrected chi connectivity index (χ0v) is 18.8. The lowest BCUT2D eigenvalue weighted by molar-refractivity contribution is -0.125. The Balaban J connectivity index is 1.60. The van der Waals surface area contributed by atoms with Crippen LogP contribution in [0, 0.1) is 0 Å². The maximum Gasteiger partial charge on any atom is 0.340 e. The van der Waals surface area contributed by atoms with Crippen LogP contribution in [0.25, 0.3) is 0 Å². The summed E-state index contributed by atoms with van der Waals surface area (Å²) in [4.78, 5) is 36.3. The van der Waals surface area contributed by atoms with Crippen LogP contribution in [-0.2, 0) is 19.6 Å². The van der Waals surface area contributed by atoms with E-state index in [-0.39, 0.29) is 16.1 Å². The maximum atomic E-state index is 12.7. The van der Waals surface area contributed by atoms with Crippen molar-refractivity contribution in [2.24, 2.45) is 0 Å². The third-order valence-corrected chi connectivity index (χ3v) is 5.83. The van der Waals surface area contributed by atoms with Gasteiger partial charge in [-0.1, -0.05) is 30.3 Å². The molecule has 0 saturated heterocycles. The number of nitrogens with one attached hydrogen (secondary N) is 3. The monoisotopic (exact) mass is 483 g/mol. The molecule has 0 aliphatic rings. The van der Waals surface area contributed by atoms with Gasteiger partial charge in [-0.05, 0) is 48.5 Å². The quantitative estimate of drug-likeness (QED) is 0.329. The highest BCUT2D eigenvalue weighted by Crippen LogP contribution is 2.22. The Hall–Kier alpha value is -4.38. The number of esters is 1. The molecule has 0 unspecified atom stereocenters. The van der Waals surface area contributed by atoms with Crippen molar-refractivity contribution in [1.29, 1.82) is 0 Å². The normalized spacial score (nSPS) is 10.6. The lowest BCUT2D eigenvalue weighted by Crippen LogP contribution is -2.43. The number of sulfonamides is 1. The highest BCUT2D eigenvalue weighted by atomic mass is 32.2. The van der Waals surface area contributed by atoms with Crippen molar-refractivity contribution in [2.75, 3.05) is 18.4 Å². The predicted molar refractivity (Wildman–Crippen MR) is 123 cm³/mol. The maximum absolute atomic E-state index is 12.7. The Morgan fingerprint density at radius 1 is 0.824 bits per heavy atom. The largest absolute Gasteiger partial charge is 0.497 e. The first kappa shape index (κ1) is 24.3. The molecule has 0 radical (unpaired) electrons. The number of amides is 2. The van der Waals surface area contributed by atoms with E-state index < -0.39 is 34.4 Å². The summed E-state index contributed by atoms with van der Waals surface area (Å²) in [5, 5.41) is 0. The number of carbonyl (C=O) groups is 3. The van der Waals surface area contributed by atoms with Crippen LogP contribution >= 0.6 is 0 Å². The van der Waals surface area contributed by atoms with Crippen LogP contribution in [0.2, 0.25) is 0 Å². The molecular weight excluding hydrogens is 462 g/mol. The molecule has 3 aromatic carbocycles. The molecule has 0 atom stereocenters. The minimum atomic E-state index is -4.01. The lowest BCUT2D eigenvalue weighted by Gasteiger charge is -2.13. The number of hydrogen-bond acceptors (Lipinski definition) is 7. The van der Waals surface area contributed by atoms with Crippen molar-refractivity contribution in [3.8, 4) is 5.75 Å². The fourth-order valence-corrected chi connectivity index (χ4v) is 3.82. The molecule has 0 saturated carbocycles. The van der Waals surface area contributed by atoms with Crippen molar-refractivity contribution in [1.82, 2.24) is 10.9 Å². The fraction of sp³-hybridized carbons (Fsp3) is 0.0870. The van der Waals surface area contributed by atoms with Crippen LogP contribution in [-0.4, -0.2) is 39.9 Å². The number of hydrogen-bond donors (Lipinski definition) is 3. The van der Waals surface area contributed by atoms with Gasteiger partial charge >= 0.3 is 5.97 Å². The van der Waals surface area contributed by atoms with Crippen LogP contribution in [0.4, 0.5) is 5.69 Å². The number of rotatable bonds is 8. The number of para-hydroxylation sites is 1. The van der Waals surface area contributed by atoms with Crippen molar-refractivity contribution >= 4 is 33.5 Å². The summed E-state index contributed by atoms with van der Waals surface area (Å²) in [6.45, 7) is -0.701. The molecule has 0 aliphatic carbocycles. The summed E-state index contributed by atoms with van der Waals surface area (Å²) in [6, 6.07) is 19.7. The number of hydrazine groups is 1. The Morgan fingerprint density at radius 2 is 1.47 bits per heavy atom. The van der Waals surface area contributed by atoms with Gasteiger partial charge in [-0.25, -0.2) is 13.2 Å². The van der Waals surface area contributed by atoms with Crippen molar-refractivity contribution < 1.29 is 32.3 Å². The van der Waals surface area contributed by atoms with Crippen molar-refractivity contribution in [3.63, 3.8) is 0 Å². The van der Waals surface area contributed by atoms with Gasteiger partial charge in [0.25, 0.3) is 21.8 Å². The van der Waals surface area contributed by atoms with E-state index >= 15 is 0 Å². The van der Waals surface area contributed by atoms with Crippen LogP contribution in [0.5, 0.6) is 5.75 Å². The molecule has 0 spiro atoms. The SMILES string of the molecule is COc1ccc(S(=O)(=O)Nc2ccccc2C(=O)OCC(=O)NNC(=O)c2ccccc2)cc1. The number of benzene rings is 3. The minimum absolute atomic E-state index is 0.0268. The molecule has 10 nitrogen and oxygen atoms in total. The van der Waals surface area contributed by atoms with E-state index in [9.17, 15) is 22.8 Å². The Morgan fingerprint density at radius 3 is 2.15 bits per heavy atom. The molecule has 176 valence electrons. The Kier molecular flexibility index (Phi) is 7.83. The van der Waals surface area contributed by atoms with E-state index in [1.807, 2.05) is 0 Å². The van der Waals surface area contributed by atoms with Gasteiger partial charge in [0.05, 0.1) is 23.3 Å². The zero-order valence-electron chi connectivity index (χ0n) is 18.0. The van der Waals surface area contributed by atoms with E-state index in [1.165, 1.54) is 55.6 Å². The molecule has 2 amide bonds. The summed E-state index contributed by atoms with van der Waals surface area (Å²) in [5.74, 6) is -1.77. The smallest absolute Gasteiger partial charge is 0.340 e. The van der Waals surface area contributed by atoms with Gasteiger partial charge in [-0.15, -0.1) is 0 Å². The van der Waals surface area contributed by atoms with Gasteiger partial charge in [0.15, 0.2) is 6.61 Å². The van der Waals surface area contributed by atoms with E-state index in [1.54, 1.807) is 30.3 Å². The van der Waals surface area contributed by atoms with Crippen molar-refractivity contribution in [3.05, 3.63) is 90.0 Å². The third-order valence-electron chi connectivity index (χ3n) is 4.45. The molecule has 0 aromatic heterocycles. The molecule has 0 heterocycles. The lowest BCUT2D eigenvalue weighted by atomic mass is 10.2. The van der Waals surface area contributed by atoms with Gasteiger partial charge in [0, 0.05) is 5.56 Å². The first-order valence-electron chi connectivity index (χ1n) is 9.87. The molecule has 34 heavy (non-hydrogen) atoms. The van der Waals surface area contributed by atoms with Crippen molar-refractivity contribution in [2.45, 2.75) is 4.90 Å². The average molecular weight is 484 g/mol. The molecule has 0 aliphatic heterocycles. The second-order valence-electron chi connectivity index (χ2n) is 6.77. The standard InChI is InChI=1S/C23H21N3O7S/c1-32-17-11-13-18(14-12-17)34(30,31)26-20-10-6-5-9-19(20)23(29)33-15-21(27)24-25-22(28)16-7-3-2-4-8-16/h2-14,26H,15H2,1H3,(H,24,27)(H,25,28). The van der Waals surface area contributed by atoms with Crippen LogP contribution in [0.3, 0.4) is 0 Å². The van der Waals surface area contributed by atoms with Gasteiger partial charge in [-0.2, -0.15) is 0 Å². The van der Waals surface area contributed by atoms with Gasteiger partial charge in [0.1, 0.15) is 5.75 Å². The fourth-order valence-electron chi connectivity index (χ4n) is 2.74. The first-order chi connectivity index (χ1) is 16.3. The molecule has 3 rings (SSSR count). The van der Waals surface area contributed by atoms with E-state index in [4.69, 9.17) is 9.47 Å². The van der Waals surface area contributed by atoms with Crippen LogP contribution < -0.4 is 20.3 Å². The predicted octanol–water partition coefficient (Wildman–Crippen LogP) is 2.11. The van der Waals surface area contributed by atoms with Gasteiger partial charge < -0.3 is 9.47 Å². The average Bonchev–Trinajstić information content (AvgIpc) is 2.86. The second-order valence-corrected chi connectivity index (χ2v) is 8.45. The van der Waals surface area contributed by atoms with Crippen LogP contribution in [0.1, 0.15) is 20.7 Å². The zero-order chi connectivity index (χ0) is 24.6. The second kappa shape index (κ2) is 11.0. The van der Waals surface area contributed by atoms with E-state index in [2.05, 4.69) is 15.6 Å². The topological polar surface area (TPSA) is 140 Å². The first-order valence-corrected chi connectivity index (χ1v) is 11.4. The summed E-state index contributed by atoms with van der Waals surface area (Å²) in [7, 11) is -2.55. The molecule has 11 heteroatoms. The number of methoxy groups -OCH3 is 1. The van der Waals surface area contributed by atoms with Crippen LogP contribution in [0.15, 0.2) is 83.8 Å². The number of carbonyl (C=O) groups excluding carboxylic acids is 3. The molecule has 3 N–H and O–H groups in total. The molecule has 3 aromatic rings. The number of anilines is 1. The molecule has 0 bridgehead atoms. The highest BCUT2D eigenvalue weighted by molar-refractivity contribution is 7.92. The minimum Gasteiger partial charge on any atom is -0.497 e. The Bertz CT molecular complexity index is 1280. The highest BCUT2D eigenvalue weighted by Gasteiger charge is 2.20. The van der Waals surface area contributed by atoms with Gasteiger partial charge in [0.2, 0.25) is 0 Å². The summed E-state index contributed by atoms with van der Waals surface area (Å²) < 4.78 is 37.7. The summed E-state index contributed by atoms with van der Waals surface area (Å²) in [5.41, 5.74) is 4.54. The van der Waals surface area contributed by atoms with E-state index in [0.29, 0.717) is 11.3 Å². The van der Waals surface area contributed by atoms with E-state index in [0.717, 1.165) is 0 Å².